The summed E-state index contributed by atoms with van der Waals surface area (Å²) in [6.45, 7) is 4.50. The molecule has 4 nitrogen and oxygen atoms in total. The van der Waals surface area contributed by atoms with Gasteiger partial charge in [0.2, 0.25) is 0 Å². The zero-order valence-corrected chi connectivity index (χ0v) is 8.73. The molecule has 0 aromatic carbocycles. The van der Waals surface area contributed by atoms with Gasteiger partial charge in [-0.2, -0.15) is 0 Å². The Hall–Kier alpha value is -1.29. The standard InChI is InChI=1S/C10H17N3O/c1-3-13(5-4-11)9-6-10(14-2)8-12-7-9/h6-8H,3-5,11H2,1-2H3. The van der Waals surface area contributed by atoms with E-state index >= 15 is 0 Å². The van der Waals surface area contributed by atoms with Gasteiger partial charge in [0.15, 0.2) is 0 Å². The second-order valence-corrected chi connectivity index (χ2v) is 2.95. The minimum absolute atomic E-state index is 0.644. The first-order valence-electron chi connectivity index (χ1n) is 4.75. The second-order valence-electron chi connectivity index (χ2n) is 2.95. The smallest absolute Gasteiger partial charge is 0.139 e. The summed E-state index contributed by atoms with van der Waals surface area (Å²) < 4.78 is 5.11. The van der Waals surface area contributed by atoms with E-state index in [1.165, 1.54) is 0 Å². The summed E-state index contributed by atoms with van der Waals surface area (Å²) in [4.78, 5) is 6.26. The highest BCUT2D eigenvalue weighted by Crippen LogP contribution is 2.18. The highest BCUT2D eigenvalue weighted by atomic mass is 16.5. The third kappa shape index (κ3) is 2.60. The SMILES string of the molecule is CCN(CCN)c1cncc(OC)c1. The van der Waals surface area contributed by atoms with E-state index in [9.17, 15) is 0 Å². The summed E-state index contributed by atoms with van der Waals surface area (Å²) in [5, 5.41) is 0. The molecule has 0 aliphatic rings. The van der Waals surface area contributed by atoms with E-state index in [0.29, 0.717) is 6.54 Å². The molecule has 1 rings (SSSR count). The van der Waals surface area contributed by atoms with Crippen LogP contribution in [0.3, 0.4) is 0 Å². The number of aromatic nitrogens is 1. The number of methoxy groups -OCH3 is 1. The maximum Gasteiger partial charge on any atom is 0.139 e. The zero-order chi connectivity index (χ0) is 10.4. The molecule has 0 amide bonds. The van der Waals surface area contributed by atoms with Crippen molar-refractivity contribution < 1.29 is 4.74 Å². The summed E-state index contributed by atoms with van der Waals surface area (Å²) in [6, 6.07) is 1.96. The molecule has 1 aromatic rings. The van der Waals surface area contributed by atoms with Crippen LogP contribution in [-0.4, -0.2) is 31.7 Å². The van der Waals surface area contributed by atoms with E-state index in [1.807, 2.05) is 12.3 Å². The number of hydrogen-bond donors (Lipinski definition) is 1. The van der Waals surface area contributed by atoms with Gasteiger partial charge in [-0.25, -0.2) is 0 Å². The molecule has 14 heavy (non-hydrogen) atoms. The lowest BCUT2D eigenvalue weighted by atomic mass is 10.3. The summed E-state index contributed by atoms with van der Waals surface area (Å²) in [5.74, 6) is 0.776. The third-order valence-electron chi connectivity index (χ3n) is 2.08. The average Bonchev–Trinajstić information content (AvgIpc) is 2.26. The van der Waals surface area contributed by atoms with Crippen molar-refractivity contribution in [1.82, 2.24) is 4.98 Å². The van der Waals surface area contributed by atoms with E-state index in [1.54, 1.807) is 13.3 Å². The van der Waals surface area contributed by atoms with Crippen molar-refractivity contribution in [3.63, 3.8) is 0 Å². The van der Waals surface area contributed by atoms with Crippen molar-refractivity contribution >= 4 is 5.69 Å². The van der Waals surface area contributed by atoms with Gasteiger partial charge in [-0.3, -0.25) is 4.98 Å². The lowest BCUT2D eigenvalue weighted by molar-refractivity contribution is 0.413. The number of pyridine rings is 1. The number of likely N-dealkylation sites (N-methyl/N-ethyl adjacent to an activating group) is 1. The molecule has 2 N–H and O–H groups in total. The molecule has 0 atom stereocenters. The van der Waals surface area contributed by atoms with E-state index in [2.05, 4.69) is 16.8 Å². The van der Waals surface area contributed by atoms with Gasteiger partial charge < -0.3 is 15.4 Å². The minimum atomic E-state index is 0.644. The summed E-state index contributed by atoms with van der Waals surface area (Å²) in [6.07, 6.45) is 3.52. The first-order chi connectivity index (χ1) is 6.81. The Morgan fingerprint density at radius 2 is 2.29 bits per heavy atom. The predicted molar refractivity (Wildman–Crippen MR) is 57.7 cm³/mol. The van der Waals surface area contributed by atoms with Crippen LogP contribution in [0.15, 0.2) is 18.5 Å². The summed E-state index contributed by atoms with van der Waals surface area (Å²) >= 11 is 0. The van der Waals surface area contributed by atoms with Crippen molar-refractivity contribution in [2.45, 2.75) is 6.92 Å². The van der Waals surface area contributed by atoms with Crippen molar-refractivity contribution in [3.8, 4) is 5.75 Å². The molecule has 1 aromatic heterocycles. The second kappa shape index (κ2) is 5.44. The van der Waals surface area contributed by atoms with Crippen LogP contribution in [0.1, 0.15) is 6.92 Å². The predicted octanol–water partition coefficient (Wildman–Crippen LogP) is 0.875. The fourth-order valence-corrected chi connectivity index (χ4v) is 1.32. The molecule has 0 aliphatic carbocycles. The van der Waals surface area contributed by atoms with Crippen LogP contribution in [0.25, 0.3) is 0 Å². The fraction of sp³-hybridized carbons (Fsp3) is 0.500. The van der Waals surface area contributed by atoms with Crippen LogP contribution in [0.2, 0.25) is 0 Å². The molecule has 78 valence electrons. The van der Waals surface area contributed by atoms with Gasteiger partial charge in [0.05, 0.1) is 25.2 Å². The Balaban J connectivity index is 2.80. The molecule has 1 heterocycles. The monoisotopic (exact) mass is 195 g/mol. The number of rotatable bonds is 5. The van der Waals surface area contributed by atoms with Gasteiger partial charge in [0.25, 0.3) is 0 Å². The van der Waals surface area contributed by atoms with Gasteiger partial charge in [0.1, 0.15) is 5.75 Å². The van der Waals surface area contributed by atoms with Crippen LogP contribution < -0.4 is 15.4 Å². The van der Waals surface area contributed by atoms with Crippen LogP contribution in [-0.2, 0) is 0 Å². The number of hydrogen-bond acceptors (Lipinski definition) is 4. The Morgan fingerprint density at radius 3 is 2.86 bits per heavy atom. The molecule has 0 bridgehead atoms. The summed E-state index contributed by atoms with van der Waals surface area (Å²) in [5.41, 5.74) is 6.57. The fourth-order valence-electron chi connectivity index (χ4n) is 1.32. The molecule has 0 saturated carbocycles. The molecule has 0 unspecified atom stereocenters. The summed E-state index contributed by atoms with van der Waals surface area (Å²) in [7, 11) is 1.64. The first-order valence-corrected chi connectivity index (χ1v) is 4.75. The van der Waals surface area contributed by atoms with Crippen LogP contribution in [0.4, 0.5) is 5.69 Å². The lowest BCUT2D eigenvalue weighted by Gasteiger charge is -2.21. The molecule has 0 radical (unpaired) electrons. The number of nitrogens with zero attached hydrogens (tertiary/aromatic N) is 2. The van der Waals surface area contributed by atoms with Crippen molar-refractivity contribution in [2.24, 2.45) is 5.73 Å². The first kappa shape index (κ1) is 10.8. The average molecular weight is 195 g/mol. The van der Waals surface area contributed by atoms with Gasteiger partial charge >= 0.3 is 0 Å². The van der Waals surface area contributed by atoms with E-state index < -0.39 is 0 Å². The Labute approximate surface area is 84.7 Å². The minimum Gasteiger partial charge on any atom is -0.495 e. The molecule has 0 fully saturated rings. The molecule has 0 spiro atoms. The number of nitrogens with two attached hydrogens (primary N) is 1. The van der Waals surface area contributed by atoms with E-state index in [4.69, 9.17) is 10.5 Å². The molecule has 0 saturated heterocycles. The highest BCUT2D eigenvalue weighted by molar-refractivity contribution is 5.47. The van der Waals surface area contributed by atoms with E-state index in [-0.39, 0.29) is 0 Å². The van der Waals surface area contributed by atoms with Gasteiger partial charge in [-0.1, -0.05) is 0 Å². The lowest BCUT2D eigenvalue weighted by Crippen LogP contribution is -2.29. The van der Waals surface area contributed by atoms with Crippen LogP contribution in [0, 0.1) is 0 Å². The maximum absolute atomic E-state index is 5.52. The Morgan fingerprint density at radius 1 is 1.50 bits per heavy atom. The molecular formula is C10H17N3O. The maximum atomic E-state index is 5.52. The van der Waals surface area contributed by atoms with Crippen LogP contribution in [0.5, 0.6) is 5.75 Å². The largest absolute Gasteiger partial charge is 0.495 e. The van der Waals surface area contributed by atoms with Crippen molar-refractivity contribution in [1.29, 1.82) is 0 Å². The van der Waals surface area contributed by atoms with Crippen LogP contribution >= 0.6 is 0 Å². The quantitative estimate of drug-likeness (QED) is 0.757. The Bertz CT molecular complexity index is 278. The topological polar surface area (TPSA) is 51.4 Å². The highest BCUT2D eigenvalue weighted by Gasteiger charge is 2.04. The number of anilines is 1. The molecule has 4 heteroatoms. The Kier molecular flexibility index (Phi) is 4.19. The number of ether oxygens (including phenoxy) is 1. The third-order valence-corrected chi connectivity index (χ3v) is 2.08. The molecular weight excluding hydrogens is 178 g/mol. The van der Waals surface area contributed by atoms with Crippen molar-refractivity contribution in [3.05, 3.63) is 18.5 Å². The van der Waals surface area contributed by atoms with Gasteiger partial charge in [0, 0.05) is 25.7 Å². The van der Waals surface area contributed by atoms with E-state index in [0.717, 1.165) is 24.5 Å². The van der Waals surface area contributed by atoms with Gasteiger partial charge in [-0.05, 0) is 6.92 Å². The molecule has 0 aliphatic heterocycles. The van der Waals surface area contributed by atoms with Crippen molar-refractivity contribution in [2.75, 3.05) is 31.6 Å². The van der Waals surface area contributed by atoms with Gasteiger partial charge in [-0.15, -0.1) is 0 Å². The normalized spacial score (nSPS) is 9.93. The zero-order valence-electron chi connectivity index (χ0n) is 8.73.